The van der Waals surface area contributed by atoms with Gasteiger partial charge in [0, 0.05) is 6.04 Å². The van der Waals surface area contributed by atoms with E-state index in [0.29, 0.717) is 6.42 Å². The first-order chi connectivity index (χ1) is 10.1. The lowest BCUT2D eigenvalue weighted by atomic mass is 10.1. The van der Waals surface area contributed by atoms with Crippen LogP contribution >= 0.6 is 0 Å². The van der Waals surface area contributed by atoms with Crippen LogP contribution in [0.2, 0.25) is 0 Å². The molecule has 1 fully saturated rings. The molecule has 2 rings (SSSR count). The molecule has 21 heavy (non-hydrogen) atoms. The van der Waals surface area contributed by atoms with E-state index in [-0.39, 0.29) is 17.7 Å². The standard InChI is InChI=1S/C16H23FN2O2/c1-3-14(21-15-7-5-4-6-13(15)17)16(20)18-12-8-10-19(2)11-9-12/h4-7,12,14H,3,8-11H2,1-2H3,(H,18,20)/t14-/m0/s1. The van der Waals surface area contributed by atoms with Gasteiger partial charge in [0.1, 0.15) is 0 Å². The van der Waals surface area contributed by atoms with Crippen LogP contribution in [-0.2, 0) is 4.79 Å². The molecule has 0 unspecified atom stereocenters. The van der Waals surface area contributed by atoms with Crippen molar-refractivity contribution in [3.05, 3.63) is 30.1 Å². The van der Waals surface area contributed by atoms with Crippen molar-refractivity contribution in [3.8, 4) is 5.75 Å². The van der Waals surface area contributed by atoms with Crippen LogP contribution in [0, 0.1) is 5.82 Å². The van der Waals surface area contributed by atoms with E-state index in [1.807, 2.05) is 6.92 Å². The van der Waals surface area contributed by atoms with Crippen molar-refractivity contribution >= 4 is 5.91 Å². The van der Waals surface area contributed by atoms with E-state index in [4.69, 9.17) is 4.74 Å². The van der Waals surface area contributed by atoms with Gasteiger partial charge in [0.25, 0.3) is 5.91 Å². The number of carbonyl (C=O) groups is 1. The summed E-state index contributed by atoms with van der Waals surface area (Å²) in [4.78, 5) is 14.5. The topological polar surface area (TPSA) is 41.6 Å². The van der Waals surface area contributed by atoms with Gasteiger partial charge in [-0.15, -0.1) is 0 Å². The van der Waals surface area contributed by atoms with Crippen LogP contribution in [0.3, 0.4) is 0 Å². The highest BCUT2D eigenvalue weighted by Crippen LogP contribution is 2.18. The summed E-state index contributed by atoms with van der Waals surface area (Å²) in [5.41, 5.74) is 0. The smallest absolute Gasteiger partial charge is 0.261 e. The molecule has 1 aliphatic heterocycles. The molecule has 116 valence electrons. The molecule has 1 heterocycles. The lowest BCUT2D eigenvalue weighted by Crippen LogP contribution is -2.48. The van der Waals surface area contributed by atoms with Crippen molar-refractivity contribution in [1.29, 1.82) is 0 Å². The Labute approximate surface area is 125 Å². The van der Waals surface area contributed by atoms with E-state index in [1.165, 1.54) is 6.07 Å². The first kappa shape index (κ1) is 15.8. The number of nitrogens with one attached hydrogen (secondary N) is 1. The first-order valence-electron chi connectivity index (χ1n) is 7.50. The second-order valence-corrected chi connectivity index (χ2v) is 5.53. The van der Waals surface area contributed by atoms with Gasteiger partial charge in [-0.3, -0.25) is 4.79 Å². The minimum atomic E-state index is -0.651. The number of rotatable bonds is 5. The second kappa shape index (κ2) is 7.41. The van der Waals surface area contributed by atoms with Gasteiger partial charge in [0.2, 0.25) is 0 Å². The summed E-state index contributed by atoms with van der Waals surface area (Å²) in [5, 5.41) is 3.02. The predicted molar refractivity (Wildman–Crippen MR) is 79.8 cm³/mol. The quantitative estimate of drug-likeness (QED) is 0.905. The molecule has 0 spiro atoms. The van der Waals surface area contributed by atoms with Crippen molar-refractivity contribution in [2.75, 3.05) is 20.1 Å². The highest BCUT2D eigenvalue weighted by molar-refractivity contribution is 5.81. The number of hydrogen-bond acceptors (Lipinski definition) is 3. The van der Waals surface area contributed by atoms with Crippen LogP contribution in [0.1, 0.15) is 26.2 Å². The second-order valence-electron chi connectivity index (χ2n) is 5.53. The minimum Gasteiger partial charge on any atom is -0.478 e. The lowest BCUT2D eigenvalue weighted by molar-refractivity contribution is -0.129. The third-order valence-electron chi connectivity index (χ3n) is 3.83. The summed E-state index contributed by atoms with van der Waals surface area (Å²) in [6, 6.07) is 6.35. The molecule has 0 saturated carbocycles. The van der Waals surface area contributed by atoms with Crippen molar-refractivity contribution in [2.24, 2.45) is 0 Å². The Morgan fingerprint density at radius 2 is 2.10 bits per heavy atom. The van der Waals surface area contributed by atoms with Gasteiger partial charge in [-0.25, -0.2) is 4.39 Å². The van der Waals surface area contributed by atoms with E-state index in [9.17, 15) is 9.18 Å². The summed E-state index contributed by atoms with van der Waals surface area (Å²) in [6.45, 7) is 3.82. The third kappa shape index (κ3) is 4.43. The molecular formula is C16H23FN2O2. The number of hydrogen-bond donors (Lipinski definition) is 1. The van der Waals surface area contributed by atoms with E-state index >= 15 is 0 Å². The molecule has 5 heteroatoms. The fourth-order valence-electron chi connectivity index (χ4n) is 2.46. The number of halogens is 1. The predicted octanol–water partition coefficient (Wildman–Crippen LogP) is 2.19. The van der Waals surface area contributed by atoms with Crippen LogP contribution in [0.5, 0.6) is 5.75 Å². The SMILES string of the molecule is CC[C@H](Oc1ccccc1F)C(=O)NC1CCN(C)CC1. The number of benzene rings is 1. The maximum absolute atomic E-state index is 13.6. The molecule has 1 N–H and O–H groups in total. The molecule has 1 aliphatic rings. The van der Waals surface area contributed by atoms with E-state index in [2.05, 4.69) is 17.3 Å². The largest absolute Gasteiger partial charge is 0.478 e. The Morgan fingerprint density at radius 3 is 2.71 bits per heavy atom. The Hall–Kier alpha value is -1.62. The fourth-order valence-corrected chi connectivity index (χ4v) is 2.46. The normalized spacial score (nSPS) is 18.2. The van der Waals surface area contributed by atoms with Gasteiger partial charge in [0.05, 0.1) is 0 Å². The summed E-state index contributed by atoms with van der Waals surface area (Å²) in [7, 11) is 2.08. The highest BCUT2D eigenvalue weighted by Gasteiger charge is 2.24. The van der Waals surface area contributed by atoms with E-state index in [1.54, 1.807) is 18.2 Å². The minimum absolute atomic E-state index is 0.128. The van der Waals surface area contributed by atoms with Crippen LogP contribution in [0.4, 0.5) is 4.39 Å². The molecule has 1 saturated heterocycles. The van der Waals surface area contributed by atoms with Crippen LogP contribution in [-0.4, -0.2) is 43.1 Å². The van der Waals surface area contributed by atoms with Crippen molar-refractivity contribution < 1.29 is 13.9 Å². The van der Waals surface area contributed by atoms with Gasteiger partial charge in [-0.2, -0.15) is 0 Å². The summed E-state index contributed by atoms with van der Waals surface area (Å²) >= 11 is 0. The van der Waals surface area contributed by atoms with Crippen molar-refractivity contribution in [3.63, 3.8) is 0 Å². The van der Waals surface area contributed by atoms with Crippen molar-refractivity contribution in [1.82, 2.24) is 10.2 Å². The van der Waals surface area contributed by atoms with Crippen LogP contribution in [0.25, 0.3) is 0 Å². The van der Waals surface area contributed by atoms with Crippen LogP contribution < -0.4 is 10.1 Å². The van der Waals surface area contributed by atoms with Gasteiger partial charge in [-0.05, 0) is 51.5 Å². The lowest BCUT2D eigenvalue weighted by Gasteiger charge is -2.30. The highest BCUT2D eigenvalue weighted by atomic mass is 19.1. The van der Waals surface area contributed by atoms with E-state index < -0.39 is 11.9 Å². The third-order valence-corrected chi connectivity index (χ3v) is 3.83. The zero-order valence-corrected chi connectivity index (χ0v) is 12.6. The number of likely N-dealkylation sites (tertiary alicyclic amines) is 1. The zero-order chi connectivity index (χ0) is 15.2. The number of ether oxygens (including phenoxy) is 1. The van der Waals surface area contributed by atoms with Crippen molar-refractivity contribution in [2.45, 2.75) is 38.3 Å². The Morgan fingerprint density at radius 1 is 1.43 bits per heavy atom. The number of piperidine rings is 1. The number of amides is 1. The molecule has 1 atom stereocenters. The summed E-state index contributed by atoms with van der Waals surface area (Å²) < 4.78 is 19.1. The Balaban J connectivity index is 1.91. The summed E-state index contributed by atoms with van der Waals surface area (Å²) in [5.74, 6) is -0.471. The molecule has 0 aliphatic carbocycles. The van der Waals surface area contributed by atoms with Gasteiger partial charge >= 0.3 is 0 Å². The molecule has 0 aromatic heterocycles. The molecule has 0 bridgehead atoms. The van der Waals surface area contributed by atoms with E-state index in [0.717, 1.165) is 25.9 Å². The average molecular weight is 294 g/mol. The molecule has 1 aromatic rings. The Bertz CT molecular complexity index is 473. The maximum Gasteiger partial charge on any atom is 0.261 e. The molecule has 4 nitrogen and oxygen atoms in total. The summed E-state index contributed by atoms with van der Waals surface area (Å²) in [6.07, 6.45) is 1.74. The molecule has 0 radical (unpaired) electrons. The van der Waals surface area contributed by atoms with Gasteiger partial charge in [0.15, 0.2) is 17.7 Å². The van der Waals surface area contributed by atoms with Gasteiger partial charge in [-0.1, -0.05) is 19.1 Å². The first-order valence-corrected chi connectivity index (χ1v) is 7.50. The fraction of sp³-hybridized carbons (Fsp3) is 0.562. The average Bonchev–Trinajstić information content (AvgIpc) is 2.48. The monoisotopic (exact) mass is 294 g/mol. The molecule has 1 amide bonds. The number of nitrogens with zero attached hydrogens (tertiary/aromatic N) is 1. The zero-order valence-electron chi connectivity index (χ0n) is 12.6. The maximum atomic E-state index is 13.6. The molecule has 1 aromatic carbocycles. The van der Waals surface area contributed by atoms with Crippen LogP contribution in [0.15, 0.2) is 24.3 Å². The number of carbonyl (C=O) groups excluding carboxylic acids is 1. The number of para-hydroxylation sites is 1. The van der Waals surface area contributed by atoms with Gasteiger partial charge < -0.3 is 15.0 Å². The molecular weight excluding hydrogens is 271 g/mol. The Kier molecular flexibility index (Phi) is 5.56.